The van der Waals surface area contributed by atoms with Crippen molar-refractivity contribution in [3.63, 3.8) is 0 Å². The number of hydrogen-bond acceptors (Lipinski definition) is 8. The Morgan fingerprint density at radius 1 is 1.28 bits per heavy atom. The van der Waals surface area contributed by atoms with Crippen molar-refractivity contribution < 1.29 is 27.5 Å². The minimum Gasteiger partial charge on any atom is -0.493 e. The van der Waals surface area contributed by atoms with Crippen molar-refractivity contribution in [1.29, 1.82) is 0 Å². The molecule has 1 aromatic heterocycles. The Morgan fingerprint density at radius 3 is 2.69 bits per heavy atom. The molecular weight excluding hydrogens is 452 g/mol. The zero-order chi connectivity index (χ0) is 23.3. The number of benzene rings is 1. The number of amides is 1. The molecular formula is C22H28N2O6S2. The number of carbonyl (C=O) groups excluding carboxylic acids is 2. The first kappa shape index (κ1) is 24.2. The number of thiazole rings is 1. The molecule has 1 aliphatic heterocycles. The topological polar surface area (TPSA) is 103 Å². The smallest absolute Gasteiger partial charge is 0.312 e. The van der Waals surface area contributed by atoms with Crippen LogP contribution in [0.4, 0.5) is 0 Å². The molecule has 8 nitrogen and oxygen atoms in total. The van der Waals surface area contributed by atoms with E-state index in [1.165, 1.54) is 23.2 Å². The van der Waals surface area contributed by atoms with E-state index < -0.39 is 21.9 Å². The average molecular weight is 481 g/mol. The number of carbonyl (C=O) groups is 2. The van der Waals surface area contributed by atoms with E-state index in [0.29, 0.717) is 25.3 Å². The molecule has 0 radical (unpaired) electrons. The quantitative estimate of drug-likeness (QED) is 0.509. The number of para-hydroxylation sites is 1. The molecule has 0 spiro atoms. The molecule has 3 rings (SSSR count). The third-order valence-electron chi connectivity index (χ3n) is 5.22. The van der Waals surface area contributed by atoms with E-state index in [4.69, 9.17) is 9.47 Å². The lowest BCUT2D eigenvalue weighted by Gasteiger charge is -2.29. The molecule has 1 fully saturated rings. The van der Waals surface area contributed by atoms with Crippen LogP contribution in [-0.4, -0.2) is 67.0 Å². The Balaban J connectivity index is 1.60. The van der Waals surface area contributed by atoms with E-state index in [2.05, 4.69) is 4.98 Å². The maximum Gasteiger partial charge on any atom is 0.312 e. The number of hydrogen-bond donors (Lipinski definition) is 0. The number of nitrogens with zero attached hydrogens (tertiary/aromatic N) is 2. The number of esters is 1. The van der Waals surface area contributed by atoms with Gasteiger partial charge in [0.05, 0.1) is 35.8 Å². The maximum absolute atomic E-state index is 12.8. The van der Waals surface area contributed by atoms with Gasteiger partial charge < -0.3 is 14.4 Å². The van der Waals surface area contributed by atoms with Gasteiger partial charge in [-0.15, -0.1) is 11.3 Å². The van der Waals surface area contributed by atoms with Crippen LogP contribution in [0, 0.1) is 0 Å². The van der Waals surface area contributed by atoms with Gasteiger partial charge in [-0.25, -0.2) is 13.4 Å². The van der Waals surface area contributed by atoms with Crippen molar-refractivity contribution in [2.45, 2.75) is 45.8 Å². The predicted octanol–water partition coefficient (Wildman–Crippen LogP) is 2.72. The Bertz CT molecular complexity index is 1070. The highest BCUT2D eigenvalue weighted by atomic mass is 32.2. The summed E-state index contributed by atoms with van der Waals surface area (Å²) in [5, 5.41) is 2.52. The number of ether oxygens (including phenoxy) is 2. The van der Waals surface area contributed by atoms with Crippen LogP contribution < -0.4 is 4.74 Å². The summed E-state index contributed by atoms with van der Waals surface area (Å²) in [6.45, 7) is 6.10. The van der Waals surface area contributed by atoms with Crippen molar-refractivity contribution in [1.82, 2.24) is 9.88 Å². The number of rotatable bonds is 9. The summed E-state index contributed by atoms with van der Waals surface area (Å²) in [6.07, 6.45) is -0.648. The van der Waals surface area contributed by atoms with E-state index in [-0.39, 0.29) is 29.9 Å². The summed E-state index contributed by atoms with van der Waals surface area (Å²) in [7, 11) is -3.12. The summed E-state index contributed by atoms with van der Waals surface area (Å²) >= 11 is 1.40. The lowest BCUT2D eigenvalue weighted by molar-refractivity contribution is -0.159. The molecule has 1 amide bonds. The Kier molecular flexibility index (Phi) is 7.89. The minimum absolute atomic E-state index is 0.0436. The molecule has 0 saturated carbocycles. The number of aromatic nitrogens is 1. The highest BCUT2D eigenvalue weighted by Crippen LogP contribution is 2.32. The molecule has 1 saturated heterocycles. The summed E-state index contributed by atoms with van der Waals surface area (Å²) in [4.78, 5) is 31.2. The predicted molar refractivity (Wildman–Crippen MR) is 122 cm³/mol. The zero-order valence-corrected chi connectivity index (χ0v) is 20.1. The molecule has 0 bridgehead atoms. The van der Waals surface area contributed by atoms with Gasteiger partial charge in [0.15, 0.2) is 15.9 Å². The second-order valence-corrected chi connectivity index (χ2v) is 10.6. The SMILES string of the molecule is CCOc1ccccc1-c1nc(CC(=O)OC(C)C(=O)N(CC)C2CCS(=O)(=O)C2)cs1. The van der Waals surface area contributed by atoms with Crippen molar-refractivity contribution in [2.75, 3.05) is 24.7 Å². The van der Waals surface area contributed by atoms with Crippen LogP contribution in [0.2, 0.25) is 0 Å². The van der Waals surface area contributed by atoms with Gasteiger partial charge in [0.25, 0.3) is 5.91 Å². The van der Waals surface area contributed by atoms with Crippen LogP contribution in [0.15, 0.2) is 29.6 Å². The first-order chi connectivity index (χ1) is 15.2. The fourth-order valence-electron chi connectivity index (χ4n) is 3.72. The zero-order valence-electron chi connectivity index (χ0n) is 18.4. The van der Waals surface area contributed by atoms with Gasteiger partial charge >= 0.3 is 5.97 Å². The number of sulfone groups is 1. The van der Waals surface area contributed by atoms with Crippen molar-refractivity contribution in [3.05, 3.63) is 35.3 Å². The molecule has 2 unspecified atom stereocenters. The molecule has 1 aromatic carbocycles. The van der Waals surface area contributed by atoms with Crippen LogP contribution in [0.5, 0.6) is 5.75 Å². The van der Waals surface area contributed by atoms with Crippen molar-refractivity contribution in [2.24, 2.45) is 0 Å². The largest absolute Gasteiger partial charge is 0.493 e. The normalized spacial score (nSPS) is 18.2. The molecule has 32 heavy (non-hydrogen) atoms. The van der Waals surface area contributed by atoms with E-state index in [0.717, 1.165) is 16.3 Å². The number of likely N-dealkylation sites (N-methyl/N-ethyl adjacent to an activating group) is 1. The highest BCUT2D eigenvalue weighted by molar-refractivity contribution is 7.91. The molecule has 2 aromatic rings. The standard InChI is InChI=1S/C22H28N2O6S2/c1-4-24(17-10-11-32(27,28)14-17)22(26)15(3)30-20(25)12-16-13-31-21(23-16)18-8-6-7-9-19(18)29-5-2/h6-9,13,15,17H,4-5,10-12,14H2,1-3H3. The summed E-state index contributed by atoms with van der Waals surface area (Å²) < 4.78 is 34.5. The Labute approximate surface area is 192 Å². The molecule has 1 aliphatic rings. The Hall–Kier alpha value is -2.46. The van der Waals surface area contributed by atoms with Gasteiger partial charge in [-0.05, 0) is 39.3 Å². The summed E-state index contributed by atoms with van der Waals surface area (Å²) in [5.41, 5.74) is 1.41. The molecule has 2 atom stereocenters. The van der Waals surface area contributed by atoms with Gasteiger partial charge in [-0.3, -0.25) is 9.59 Å². The minimum atomic E-state index is -3.12. The van der Waals surface area contributed by atoms with E-state index in [9.17, 15) is 18.0 Å². The van der Waals surface area contributed by atoms with Gasteiger partial charge in [0.1, 0.15) is 10.8 Å². The second kappa shape index (κ2) is 10.4. The van der Waals surface area contributed by atoms with Crippen LogP contribution in [0.3, 0.4) is 0 Å². The maximum atomic E-state index is 12.8. The van der Waals surface area contributed by atoms with Gasteiger partial charge in [-0.2, -0.15) is 0 Å². The molecule has 0 N–H and O–H groups in total. The van der Waals surface area contributed by atoms with E-state index in [1.54, 1.807) is 12.3 Å². The van der Waals surface area contributed by atoms with Gasteiger partial charge in [0, 0.05) is 18.0 Å². The summed E-state index contributed by atoms with van der Waals surface area (Å²) in [5.74, 6) is -0.179. The second-order valence-electron chi connectivity index (χ2n) is 7.56. The first-order valence-corrected chi connectivity index (χ1v) is 13.3. The summed E-state index contributed by atoms with van der Waals surface area (Å²) in [6, 6.07) is 7.20. The third-order valence-corrected chi connectivity index (χ3v) is 7.90. The molecule has 174 valence electrons. The fourth-order valence-corrected chi connectivity index (χ4v) is 6.30. The highest BCUT2D eigenvalue weighted by Gasteiger charge is 2.36. The van der Waals surface area contributed by atoms with E-state index in [1.807, 2.05) is 31.2 Å². The van der Waals surface area contributed by atoms with Gasteiger partial charge in [0.2, 0.25) is 0 Å². The van der Waals surface area contributed by atoms with Gasteiger partial charge in [-0.1, -0.05) is 12.1 Å². The van der Waals surface area contributed by atoms with Crippen LogP contribution >= 0.6 is 11.3 Å². The monoisotopic (exact) mass is 480 g/mol. The van der Waals surface area contributed by atoms with E-state index >= 15 is 0 Å². The average Bonchev–Trinajstić information content (AvgIpc) is 3.35. The fraction of sp³-hybridized carbons (Fsp3) is 0.500. The van der Waals surface area contributed by atoms with Crippen LogP contribution in [0.1, 0.15) is 32.9 Å². The lowest BCUT2D eigenvalue weighted by Crippen LogP contribution is -2.46. The molecule has 2 heterocycles. The first-order valence-electron chi connectivity index (χ1n) is 10.6. The Morgan fingerprint density at radius 2 is 2.03 bits per heavy atom. The molecule has 0 aliphatic carbocycles. The lowest BCUT2D eigenvalue weighted by atomic mass is 10.2. The van der Waals surface area contributed by atoms with Crippen molar-refractivity contribution >= 4 is 33.1 Å². The molecule has 10 heteroatoms. The van der Waals surface area contributed by atoms with Crippen LogP contribution in [0.25, 0.3) is 10.6 Å². The third kappa shape index (κ3) is 5.86. The van der Waals surface area contributed by atoms with Crippen LogP contribution in [-0.2, 0) is 30.6 Å². The van der Waals surface area contributed by atoms with Crippen molar-refractivity contribution in [3.8, 4) is 16.3 Å².